The average Bonchev–Trinajstić information content (AvgIpc) is 2.52. The van der Waals surface area contributed by atoms with Gasteiger partial charge < -0.3 is 10.4 Å². The molecule has 0 heterocycles. The zero-order chi connectivity index (χ0) is 17.7. The first-order valence-electron chi connectivity index (χ1n) is 6.69. The first-order chi connectivity index (χ1) is 11.3. The van der Waals surface area contributed by atoms with Crippen LogP contribution in [0.4, 0.5) is 18.9 Å². The number of amides is 1. The Kier molecular flexibility index (Phi) is 5.50. The summed E-state index contributed by atoms with van der Waals surface area (Å²) in [6.45, 7) is 0. The number of carbonyl (C=O) groups is 2. The van der Waals surface area contributed by atoms with Crippen LogP contribution in [0.3, 0.4) is 0 Å². The molecule has 1 amide bonds. The molecule has 0 saturated carbocycles. The quantitative estimate of drug-likeness (QED) is 0.792. The fraction of sp³-hybridized carbons (Fsp3) is 0.125. The average molecular weight is 355 g/mol. The van der Waals surface area contributed by atoms with E-state index in [1.54, 1.807) is 18.2 Å². The summed E-state index contributed by atoms with van der Waals surface area (Å²) >= 11 is 0.997. The van der Waals surface area contributed by atoms with Crippen molar-refractivity contribution in [2.24, 2.45) is 0 Å². The summed E-state index contributed by atoms with van der Waals surface area (Å²) in [5.74, 6) is -1.77. The highest BCUT2D eigenvalue weighted by atomic mass is 32.2. The normalized spacial score (nSPS) is 11.1. The van der Waals surface area contributed by atoms with Gasteiger partial charge in [-0.05, 0) is 30.3 Å². The van der Waals surface area contributed by atoms with Crippen LogP contribution in [0.5, 0.6) is 0 Å². The van der Waals surface area contributed by atoms with Crippen LogP contribution >= 0.6 is 11.8 Å². The maximum absolute atomic E-state index is 12.6. The van der Waals surface area contributed by atoms with E-state index in [1.165, 1.54) is 18.2 Å². The Morgan fingerprint density at radius 1 is 1.08 bits per heavy atom. The lowest BCUT2D eigenvalue weighted by Crippen LogP contribution is -2.15. The topological polar surface area (TPSA) is 66.4 Å². The van der Waals surface area contributed by atoms with Gasteiger partial charge in [-0.15, -0.1) is 11.8 Å². The fourth-order valence-corrected chi connectivity index (χ4v) is 2.73. The Hall–Kier alpha value is -2.48. The highest BCUT2D eigenvalue weighted by molar-refractivity contribution is 8.00. The Labute approximate surface area is 139 Å². The largest absolute Gasteiger partial charge is 0.478 e. The van der Waals surface area contributed by atoms with Gasteiger partial charge in [0.1, 0.15) is 0 Å². The minimum atomic E-state index is -4.49. The van der Waals surface area contributed by atoms with E-state index in [-0.39, 0.29) is 17.0 Å². The van der Waals surface area contributed by atoms with Crippen molar-refractivity contribution in [1.29, 1.82) is 0 Å². The van der Waals surface area contributed by atoms with Gasteiger partial charge in [0.05, 0.1) is 16.9 Å². The molecule has 126 valence electrons. The summed E-state index contributed by atoms with van der Waals surface area (Å²) < 4.78 is 37.9. The molecule has 2 aromatic rings. The van der Waals surface area contributed by atoms with Crippen molar-refractivity contribution in [3.05, 3.63) is 59.7 Å². The predicted molar refractivity (Wildman–Crippen MR) is 84.2 cm³/mol. The Balaban J connectivity index is 2.01. The number of carboxylic acid groups (broad SMARTS) is 1. The van der Waals surface area contributed by atoms with E-state index >= 15 is 0 Å². The highest BCUT2D eigenvalue weighted by Gasteiger charge is 2.30. The number of hydrogen-bond donors (Lipinski definition) is 2. The van der Waals surface area contributed by atoms with Crippen molar-refractivity contribution < 1.29 is 27.9 Å². The lowest BCUT2D eigenvalue weighted by molar-refractivity contribution is -0.137. The third kappa shape index (κ3) is 4.76. The van der Waals surface area contributed by atoms with Crippen LogP contribution in [-0.2, 0) is 11.0 Å². The van der Waals surface area contributed by atoms with Crippen LogP contribution in [0.15, 0.2) is 53.4 Å². The van der Waals surface area contributed by atoms with Gasteiger partial charge in [0.15, 0.2) is 0 Å². The maximum Gasteiger partial charge on any atom is 0.416 e. The number of carbonyl (C=O) groups excluding carboxylic acids is 1. The second-order valence-corrected chi connectivity index (χ2v) is 5.73. The molecule has 0 unspecified atom stereocenters. The number of benzene rings is 2. The zero-order valence-electron chi connectivity index (χ0n) is 12.1. The molecule has 0 spiro atoms. The molecule has 0 saturated heterocycles. The molecule has 2 rings (SSSR count). The molecule has 0 atom stereocenters. The first-order valence-corrected chi connectivity index (χ1v) is 7.68. The third-order valence-corrected chi connectivity index (χ3v) is 4.02. The Bertz CT molecular complexity index is 762. The van der Waals surface area contributed by atoms with Crippen LogP contribution in [0.1, 0.15) is 15.9 Å². The van der Waals surface area contributed by atoms with Gasteiger partial charge in [-0.1, -0.05) is 18.2 Å². The smallest absolute Gasteiger partial charge is 0.416 e. The van der Waals surface area contributed by atoms with Gasteiger partial charge in [-0.25, -0.2) is 4.79 Å². The monoisotopic (exact) mass is 355 g/mol. The van der Waals surface area contributed by atoms with Crippen LogP contribution in [0.25, 0.3) is 0 Å². The molecule has 0 aliphatic rings. The van der Waals surface area contributed by atoms with Crippen molar-refractivity contribution >= 4 is 29.3 Å². The van der Waals surface area contributed by atoms with E-state index in [1.807, 2.05) is 0 Å². The third-order valence-electron chi connectivity index (χ3n) is 2.95. The first kappa shape index (κ1) is 17.9. The van der Waals surface area contributed by atoms with Gasteiger partial charge >= 0.3 is 12.1 Å². The van der Waals surface area contributed by atoms with Gasteiger partial charge in [0.25, 0.3) is 0 Å². The van der Waals surface area contributed by atoms with E-state index in [4.69, 9.17) is 5.11 Å². The standard InChI is InChI=1S/C16H12F3NO3S/c17-16(18,19)10-4-3-5-11(8-10)20-14(21)9-24-13-7-2-1-6-12(13)15(22)23/h1-8H,9H2,(H,20,21)(H,22,23). The van der Waals surface area contributed by atoms with Gasteiger partial charge in [-0.2, -0.15) is 13.2 Å². The van der Waals surface area contributed by atoms with E-state index in [9.17, 15) is 22.8 Å². The summed E-state index contributed by atoms with van der Waals surface area (Å²) in [5, 5.41) is 11.4. The molecule has 0 radical (unpaired) electrons. The molecule has 0 aliphatic carbocycles. The number of alkyl halides is 3. The SMILES string of the molecule is O=C(CSc1ccccc1C(=O)O)Nc1cccc(C(F)(F)F)c1. The second kappa shape index (κ2) is 7.39. The number of hydrogen-bond acceptors (Lipinski definition) is 3. The van der Waals surface area contributed by atoms with Gasteiger partial charge in [0, 0.05) is 10.6 Å². The van der Waals surface area contributed by atoms with Crippen molar-refractivity contribution in [3.63, 3.8) is 0 Å². The van der Waals surface area contributed by atoms with E-state index < -0.39 is 23.6 Å². The lowest BCUT2D eigenvalue weighted by atomic mass is 10.2. The van der Waals surface area contributed by atoms with Crippen molar-refractivity contribution in [2.75, 3.05) is 11.1 Å². The summed E-state index contributed by atoms with van der Waals surface area (Å²) in [5.41, 5.74) is -0.763. The minimum Gasteiger partial charge on any atom is -0.478 e. The lowest BCUT2D eigenvalue weighted by Gasteiger charge is -2.10. The molecular weight excluding hydrogens is 343 g/mol. The minimum absolute atomic E-state index is 0.0296. The number of carboxylic acids is 1. The summed E-state index contributed by atoms with van der Waals surface area (Å²) in [6, 6.07) is 10.5. The molecule has 2 N–H and O–H groups in total. The molecule has 4 nitrogen and oxygen atoms in total. The van der Waals surface area contributed by atoms with E-state index in [2.05, 4.69) is 5.32 Å². The van der Waals surface area contributed by atoms with Crippen LogP contribution < -0.4 is 5.32 Å². The second-order valence-electron chi connectivity index (χ2n) is 4.72. The molecule has 8 heteroatoms. The Morgan fingerprint density at radius 3 is 2.46 bits per heavy atom. The fourth-order valence-electron chi connectivity index (χ4n) is 1.88. The molecule has 0 aromatic heterocycles. The number of nitrogens with one attached hydrogen (secondary N) is 1. The zero-order valence-corrected chi connectivity index (χ0v) is 12.9. The van der Waals surface area contributed by atoms with Crippen molar-refractivity contribution in [2.45, 2.75) is 11.1 Å². The summed E-state index contributed by atoms with van der Waals surface area (Å²) in [7, 11) is 0. The molecule has 0 bridgehead atoms. The number of thioether (sulfide) groups is 1. The van der Waals surface area contributed by atoms with Crippen LogP contribution in [0, 0.1) is 0 Å². The van der Waals surface area contributed by atoms with Gasteiger partial charge in [-0.3, -0.25) is 4.79 Å². The Morgan fingerprint density at radius 2 is 1.79 bits per heavy atom. The van der Waals surface area contributed by atoms with Crippen LogP contribution in [-0.4, -0.2) is 22.7 Å². The van der Waals surface area contributed by atoms with E-state index in [0.29, 0.717) is 4.90 Å². The van der Waals surface area contributed by atoms with E-state index in [0.717, 1.165) is 23.9 Å². The molecule has 0 fully saturated rings. The molecule has 24 heavy (non-hydrogen) atoms. The predicted octanol–water partition coefficient (Wildman–Crippen LogP) is 4.13. The van der Waals surface area contributed by atoms with Crippen molar-refractivity contribution in [3.8, 4) is 0 Å². The number of anilines is 1. The number of halogens is 3. The number of aromatic carboxylic acids is 1. The van der Waals surface area contributed by atoms with Crippen LogP contribution in [0.2, 0.25) is 0 Å². The number of rotatable bonds is 5. The van der Waals surface area contributed by atoms with Gasteiger partial charge in [0.2, 0.25) is 5.91 Å². The highest BCUT2D eigenvalue weighted by Crippen LogP contribution is 2.30. The summed E-state index contributed by atoms with van der Waals surface area (Å²) in [4.78, 5) is 23.3. The molecule has 2 aromatic carbocycles. The molecule has 0 aliphatic heterocycles. The maximum atomic E-state index is 12.6. The van der Waals surface area contributed by atoms with Crippen molar-refractivity contribution in [1.82, 2.24) is 0 Å². The summed E-state index contributed by atoms with van der Waals surface area (Å²) in [6.07, 6.45) is -4.49. The molecular formula is C16H12F3NO3S.